The van der Waals surface area contributed by atoms with Gasteiger partial charge in [0.15, 0.2) is 7.98 Å². The highest BCUT2D eigenvalue weighted by Gasteiger charge is 2.18. The molecule has 1 saturated heterocycles. The fraction of sp³-hybridized carbons (Fsp3) is 0.833. The van der Waals surface area contributed by atoms with E-state index in [9.17, 15) is 4.79 Å². The molecule has 9 heavy (non-hydrogen) atoms. The number of carbonyl (C=O) groups excluding carboxylic acids is 1. The Hall–Kier alpha value is -0.305. The molecule has 0 aromatic carbocycles. The third-order valence-corrected chi connectivity index (χ3v) is 1.74. The molecule has 0 N–H and O–H groups in total. The minimum Gasteiger partial charge on any atom is -0.350 e. The van der Waals surface area contributed by atoms with Crippen molar-refractivity contribution in [3.8, 4) is 0 Å². The number of rotatable bonds is 0. The lowest BCUT2D eigenvalue weighted by atomic mass is 9.99. The lowest BCUT2D eigenvalue weighted by Crippen LogP contribution is -2.38. The van der Waals surface area contributed by atoms with E-state index in [-0.39, 0.29) is 6.04 Å². The topological polar surface area (TPSA) is 20.3 Å². The predicted molar refractivity (Wildman–Crippen MR) is 36.2 cm³/mol. The first-order chi connectivity index (χ1) is 4.20. The predicted octanol–water partition coefficient (Wildman–Crippen LogP) is 0.123. The molecule has 0 saturated carbocycles. The number of Topliss-reactive ketones (excluding diaryl/α,β-unsaturated/α-hetero) is 1. The van der Waals surface area contributed by atoms with Gasteiger partial charge in [-0.2, -0.15) is 0 Å². The van der Waals surface area contributed by atoms with E-state index in [1.54, 1.807) is 4.81 Å². The minimum atomic E-state index is 0.242. The summed E-state index contributed by atoms with van der Waals surface area (Å²) in [5, 5.41) is 0. The number of hydrogen-bond donors (Lipinski definition) is 0. The van der Waals surface area contributed by atoms with Gasteiger partial charge in [-0.1, -0.05) is 6.92 Å². The first-order valence-electron chi connectivity index (χ1n) is 3.23. The molecular formula is C6H10BNO. The Morgan fingerprint density at radius 3 is 2.89 bits per heavy atom. The number of nitrogens with zero attached hydrogens (tertiary/aromatic N) is 1. The summed E-state index contributed by atoms with van der Waals surface area (Å²) in [6.07, 6.45) is 1.25. The number of ketones is 1. The quantitative estimate of drug-likeness (QED) is 0.426. The zero-order chi connectivity index (χ0) is 6.85. The van der Waals surface area contributed by atoms with E-state index >= 15 is 0 Å². The van der Waals surface area contributed by atoms with Gasteiger partial charge in [-0.3, -0.25) is 4.79 Å². The normalized spacial score (nSPS) is 30.8. The summed E-state index contributed by atoms with van der Waals surface area (Å²) >= 11 is 0. The van der Waals surface area contributed by atoms with Crippen molar-refractivity contribution in [2.75, 3.05) is 6.54 Å². The van der Waals surface area contributed by atoms with Gasteiger partial charge in [0.25, 0.3) is 0 Å². The second-order valence-electron chi connectivity index (χ2n) is 2.58. The summed E-state index contributed by atoms with van der Waals surface area (Å²) in [7, 11) is 5.52. The second-order valence-corrected chi connectivity index (χ2v) is 2.58. The third-order valence-electron chi connectivity index (χ3n) is 1.74. The molecule has 0 spiro atoms. The van der Waals surface area contributed by atoms with E-state index in [2.05, 4.69) is 0 Å². The minimum absolute atomic E-state index is 0.242. The van der Waals surface area contributed by atoms with Crippen LogP contribution in [-0.2, 0) is 4.79 Å². The first kappa shape index (κ1) is 6.81. The molecule has 1 aliphatic rings. The molecule has 1 aliphatic heterocycles. The molecule has 1 atom stereocenters. The number of carbonyl (C=O) groups is 1. The van der Waals surface area contributed by atoms with Crippen LogP contribution in [-0.4, -0.2) is 31.2 Å². The van der Waals surface area contributed by atoms with E-state index in [1.165, 1.54) is 0 Å². The molecule has 0 aromatic rings. The van der Waals surface area contributed by atoms with Gasteiger partial charge < -0.3 is 4.81 Å². The van der Waals surface area contributed by atoms with Crippen molar-refractivity contribution in [2.45, 2.75) is 25.8 Å². The van der Waals surface area contributed by atoms with Crippen LogP contribution >= 0.6 is 0 Å². The summed E-state index contributed by atoms with van der Waals surface area (Å²) in [6.45, 7) is 2.69. The highest BCUT2D eigenvalue weighted by atomic mass is 16.1. The highest BCUT2D eigenvalue weighted by molar-refractivity contribution is 6.05. The first-order valence-corrected chi connectivity index (χ1v) is 3.23. The van der Waals surface area contributed by atoms with Crippen molar-refractivity contribution in [1.29, 1.82) is 0 Å². The van der Waals surface area contributed by atoms with Crippen LogP contribution in [0.2, 0.25) is 0 Å². The molecule has 2 nitrogen and oxygen atoms in total. The molecular weight excluding hydrogens is 113 g/mol. The van der Waals surface area contributed by atoms with Gasteiger partial charge >= 0.3 is 0 Å². The fourth-order valence-corrected chi connectivity index (χ4v) is 1.02. The molecule has 0 aromatic heterocycles. The van der Waals surface area contributed by atoms with Crippen LogP contribution in [0.15, 0.2) is 0 Å². The monoisotopic (exact) mass is 123 g/mol. The summed E-state index contributed by atoms with van der Waals surface area (Å²) in [4.78, 5) is 12.5. The SMILES string of the molecule is [B]N1CCC(=O)C[C@H]1C. The molecule has 0 unspecified atom stereocenters. The summed E-state index contributed by atoms with van der Waals surface area (Å²) in [6, 6.07) is 0.242. The van der Waals surface area contributed by atoms with Crippen molar-refractivity contribution >= 4 is 13.8 Å². The van der Waals surface area contributed by atoms with E-state index in [4.69, 9.17) is 7.98 Å². The van der Waals surface area contributed by atoms with Gasteiger partial charge in [0.05, 0.1) is 0 Å². The molecule has 2 radical (unpaired) electrons. The molecule has 0 amide bonds. The van der Waals surface area contributed by atoms with Crippen LogP contribution in [0.1, 0.15) is 19.8 Å². The second kappa shape index (κ2) is 2.52. The van der Waals surface area contributed by atoms with Crippen molar-refractivity contribution < 1.29 is 4.79 Å². The highest BCUT2D eigenvalue weighted by Crippen LogP contribution is 2.09. The molecule has 48 valence electrons. The van der Waals surface area contributed by atoms with Crippen molar-refractivity contribution in [1.82, 2.24) is 4.81 Å². The van der Waals surface area contributed by atoms with E-state index in [0.29, 0.717) is 18.6 Å². The lowest BCUT2D eigenvalue weighted by Gasteiger charge is -2.28. The molecule has 1 heterocycles. The number of piperidine rings is 1. The van der Waals surface area contributed by atoms with Crippen molar-refractivity contribution in [2.24, 2.45) is 0 Å². The maximum absolute atomic E-state index is 10.7. The van der Waals surface area contributed by atoms with Crippen LogP contribution in [0.5, 0.6) is 0 Å². The van der Waals surface area contributed by atoms with E-state index in [0.717, 1.165) is 6.54 Å². The van der Waals surface area contributed by atoms with Gasteiger partial charge in [-0.25, -0.2) is 0 Å². The Bertz CT molecular complexity index is 126. The average Bonchev–Trinajstić information content (AvgIpc) is 1.80. The summed E-state index contributed by atoms with van der Waals surface area (Å²) in [5.74, 6) is 0.337. The Kier molecular flexibility index (Phi) is 1.91. The van der Waals surface area contributed by atoms with Gasteiger partial charge in [0, 0.05) is 18.9 Å². The molecule has 0 aliphatic carbocycles. The zero-order valence-electron chi connectivity index (χ0n) is 5.63. The number of hydrogen-bond acceptors (Lipinski definition) is 2. The average molecular weight is 123 g/mol. The van der Waals surface area contributed by atoms with Crippen LogP contribution in [0.4, 0.5) is 0 Å². The largest absolute Gasteiger partial charge is 0.350 e. The van der Waals surface area contributed by atoms with Gasteiger partial charge in [-0.15, -0.1) is 0 Å². The zero-order valence-corrected chi connectivity index (χ0v) is 5.63. The van der Waals surface area contributed by atoms with Crippen molar-refractivity contribution in [3.63, 3.8) is 0 Å². The van der Waals surface area contributed by atoms with Crippen LogP contribution in [0.3, 0.4) is 0 Å². The Labute approximate surface area is 56.7 Å². The van der Waals surface area contributed by atoms with Crippen molar-refractivity contribution in [3.05, 3.63) is 0 Å². The standard InChI is InChI=1S/C6H10BNO/c1-5-4-6(9)2-3-8(5)7/h5H,2-4H2,1H3/t5-/m1/s1. The van der Waals surface area contributed by atoms with Gasteiger partial charge in [-0.05, 0) is 6.54 Å². The Balaban J connectivity index is 2.44. The maximum atomic E-state index is 10.7. The van der Waals surface area contributed by atoms with Gasteiger partial charge in [0.1, 0.15) is 5.78 Å². The molecule has 1 rings (SSSR count). The van der Waals surface area contributed by atoms with Crippen LogP contribution in [0.25, 0.3) is 0 Å². The summed E-state index contributed by atoms with van der Waals surface area (Å²) < 4.78 is 0. The van der Waals surface area contributed by atoms with E-state index in [1.807, 2.05) is 6.92 Å². The van der Waals surface area contributed by atoms with Crippen LogP contribution < -0.4 is 0 Å². The Morgan fingerprint density at radius 1 is 1.78 bits per heavy atom. The molecule has 0 bridgehead atoms. The summed E-state index contributed by atoms with van der Waals surface area (Å²) in [5.41, 5.74) is 0. The third kappa shape index (κ3) is 1.55. The van der Waals surface area contributed by atoms with Gasteiger partial charge in [0.2, 0.25) is 0 Å². The Morgan fingerprint density at radius 2 is 2.44 bits per heavy atom. The smallest absolute Gasteiger partial charge is 0.182 e. The van der Waals surface area contributed by atoms with E-state index < -0.39 is 0 Å². The fourth-order valence-electron chi connectivity index (χ4n) is 1.02. The lowest BCUT2D eigenvalue weighted by molar-refractivity contribution is -0.121. The maximum Gasteiger partial charge on any atom is 0.182 e. The molecule has 1 fully saturated rings. The molecule has 3 heteroatoms. The van der Waals surface area contributed by atoms with Crippen LogP contribution in [0, 0.1) is 0 Å².